The van der Waals surface area contributed by atoms with Gasteiger partial charge in [0.05, 0.1) is 0 Å². The predicted octanol–water partition coefficient (Wildman–Crippen LogP) is 3.48. The number of nitrogens with one attached hydrogen (secondary N) is 2. The molecule has 2 heterocycles. The number of carbonyl (C=O) groups is 1. The van der Waals surface area contributed by atoms with E-state index in [0.29, 0.717) is 6.42 Å². The maximum absolute atomic E-state index is 12.2. The maximum atomic E-state index is 12.2. The number of likely N-dealkylation sites (tertiary alicyclic amines) is 1. The zero-order valence-electron chi connectivity index (χ0n) is 16.5. The Kier molecular flexibility index (Phi) is 11.6. The van der Waals surface area contributed by atoms with Crippen molar-refractivity contribution in [2.45, 2.75) is 65.3 Å². The number of halogens is 2. The molecule has 2 N–H and O–H groups in total. The number of rotatable bonds is 6. The van der Waals surface area contributed by atoms with Crippen LogP contribution in [0.4, 0.5) is 0 Å². The highest BCUT2D eigenvalue weighted by Gasteiger charge is 2.32. The van der Waals surface area contributed by atoms with E-state index >= 15 is 0 Å². The average molecular weight is 396 g/mol. The van der Waals surface area contributed by atoms with Crippen LogP contribution in [0.3, 0.4) is 0 Å². The molecule has 6 heteroatoms. The van der Waals surface area contributed by atoms with E-state index in [2.05, 4.69) is 43.2 Å². The summed E-state index contributed by atoms with van der Waals surface area (Å²) in [5.74, 6) is 2.48. The molecule has 0 spiro atoms. The Hall–Kier alpha value is -0.0300. The summed E-state index contributed by atoms with van der Waals surface area (Å²) < 4.78 is 0. The lowest BCUT2D eigenvalue weighted by Gasteiger charge is -2.45. The Balaban J connectivity index is 0.00000288. The minimum Gasteiger partial charge on any atom is -0.354 e. The average Bonchev–Trinajstić information content (AvgIpc) is 2.51. The molecule has 2 rings (SSSR count). The number of hydrogen-bond acceptors (Lipinski definition) is 3. The van der Waals surface area contributed by atoms with Gasteiger partial charge in [0.15, 0.2) is 0 Å². The quantitative estimate of drug-likeness (QED) is 0.723. The summed E-state index contributed by atoms with van der Waals surface area (Å²) in [5, 5.41) is 6.58. The van der Waals surface area contributed by atoms with Crippen molar-refractivity contribution in [3.8, 4) is 0 Å². The summed E-state index contributed by atoms with van der Waals surface area (Å²) in [6.07, 6.45) is 5.51. The van der Waals surface area contributed by atoms with Crippen LogP contribution >= 0.6 is 24.8 Å². The number of nitrogens with zero attached hydrogens (tertiary/aromatic N) is 1. The van der Waals surface area contributed by atoms with Crippen molar-refractivity contribution in [1.29, 1.82) is 0 Å². The molecule has 0 aromatic heterocycles. The minimum absolute atomic E-state index is 0. The molecule has 2 unspecified atom stereocenters. The van der Waals surface area contributed by atoms with E-state index in [-0.39, 0.29) is 36.3 Å². The third kappa shape index (κ3) is 8.47. The fourth-order valence-corrected chi connectivity index (χ4v) is 4.18. The van der Waals surface area contributed by atoms with Gasteiger partial charge in [0.25, 0.3) is 0 Å². The monoisotopic (exact) mass is 395 g/mol. The van der Waals surface area contributed by atoms with Crippen molar-refractivity contribution in [3.63, 3.8) is 0 Å². The molecule has 25 heavy (non-hydrogen) atoms. The molecule has 0 saturated carbocycles. The third-order valence-electron chi connectivity index (χ3n) is 5.68. The number of piperidine rings is 2. The first-order valence-corrected chi connectivity index (χ1v) is 9.59. The van der Waals surface area contributed by atoms with Gasteiger partial charge >= 0.3 is 0 Å². The van der Waals surface area contributed by atoms with Crippen LogP contribution in [0.15, 0.2) is 0 Å². The van der Waals surface area contributed by atoms with E-state index in [1.165, 1.54) is 19.3 Å². The fraction of sp³-hybridized carbons (Fsp3) is 0.947. The lowest BCUT2D eigenvalue weighted by molar-refractivity contribution is -0.122. The Labute approximate surface area is 167 Å². The van der Waals surface area contributed by atoms with Gasteiger partial charge in [-0.15, -0.1) is 24.8 Å². The summed E-state index contributed by atoms with van der Waals surface area (Å²) in [5.41, 5.74) is 0.0490. The van der Waals surface area contributed by atoms with E-state index in [4.69, 9.17) is 0 Å². The predicted molar refractivity (Wildman–Crippen MR) is 111 cm³/mol. The summed E-state index contributed by atoms with van der Waals surface area (Å²) >= 11 is 0. The highest BCUT2D eigenvalue weighted by atomic mass is 35.5. The van der Waals surface area contributed by atoms with Gasteiger partial charge in [-0.05, 0) is 70.4 Å². The van der Waals surface area contributed by atoms with E-state index in [1.54, 1.807) is 0 Å². The van der Waals surface area contributed by atoms with Crippen LogP contribution in [0.25, 0.3) is 0 Å². The first kappa shape index (κ1) is 25.0. The maximum Gasteiger partial charge on any atom is 0.220 e. The summed E-state index contributed by atoms with van der Waals surface area (Å²) in [6.45, 7) is 14.5. The highest BCUT2D eigenvalue weighted by molar-refractivity contribution is 5.85. The Morgan fingerprint density at radius 1 is 1.12 bits per heavy atom. The smallest absolute Gasteiger partial charge is 0.220 e. The molecule has 4 nitrogen and oxygen atoms in total. The Morgan fingerprint density at radius 2 is 1.68 bits per heavy atom. The summed E-state index contributed by atoms with van der Waals surface area (Å²) in [6, 6.07) is 0. The van der Waals surface area contributed by atoms with Crippen molar-refractivity contribution in [2.24, 2.45) is 17.8 Å². The zero-order valence-corrected chi connectivity index (χ0v) is 18.1. The van der Waals surface area contributed by atoms with Crippen LogP contribution in [0, 0.1) is 17.8 Å². The van der Waals surface area contributed by atoms with Gasteiger partial charge in [0.1, 0.15) is 0 Å². The molecular weight excluding hydrogens is 357 g/mol. The van der Waals surface area contributed by atoms with Crippen LogP contribution in [-0.2, 0) is 4.79 Å². The molecule has 1 amide bonds. The Morgan fingerprint density at radius 3 is 2.24 bits per heavy atom. The molecule has 150 valence electrons. The van der Waals surface area contributed by atoms with Gasteiger partial charge in [-0.1, -0.05) is 13.8 Å². The van der Waals surface area contributed by atoms with Gasteiger partial charge < -0.3 is 10.6 Å². The zero-order chi connectivity index (χ0) is 16.9. The molecule has 2 aliphatic heterocycles. The van der Waals surface area contributed by atoms with Gasteiger partial charge in [-0.3, -0.25) is 9.69 Å². The first-order chi connectivity index (χ1) is 10.9. The molecule has 2 fully saturated rings. The fourth-order valence-electron chi connectivity index (χ4n) is 4.18. The molecule has 0 radical (unpaired) electrons. The summed E-state index contributed by atoms with van der Waals surface area (Å²) in [7, 11) is 0. The molecule has 0 aliphatic carbocycles. The van der Waals surface area contributed by atoms with Gasteiger partial charge in [-0.25, -0.2) is 0 Å². The van der Waals surface area contributed by atoms with Gasteiger partial charge in [0.2, 0.25) is 5.91 Å². The van der Waals surface area contributed by atoms with Gasteiger partial charge in [-0.2, -0.15) is 0 Å². The van der Waals surface area contributed by atoms with E-state index < -0.39 is 0 Å². The highest BCUT2D eigenvalue weighted by Crippen LogP contribution is 2.27. The van der Waals surface area contributed by atoms with Crippen molar-refractivity contribution < 1.29 is 4.79 Å². The first-order valence-electron chi connectivity index (χ1n) is 9.59. The lowest BCUT2D eigenvalue weighted by Crippen LogP contribution is -2.56. The minimum atomic E-state index is 0. The van der Waals surface area contributed by atoms with Gasteiger partial charge in [0, 0.05) is 31.6 Å². The van der Waals surface area contributed by atoms with E-state index in [0.717, 1.165) is 56.9 Å². The Bertz CT molecular complexity index is 377. The number of hydrogen-bond donors (Lipinski definition) is 2. The largest absolute Gasteiger partial charge is 0.354 e. The van der Waals surface area contributed by atoms with Crippen LogP contribution in [0.1, 0.15) is 59.8 Å². The molecule has 2 atom stereocenters. The topological polar surface area (TPSA) is 44.4 Å². The third-order valence-corrected chi connectivity index (χ3v) is 5.68. The summed E-state index contributed by atoms with van der Waals surface area (Å²) in [4.78, 5) is 14.8. The van der Waals surface area contributed by atoms with E-state index in [9.17, 15) is 4.79 Å². The molecule has 2 saturated heterocycles. The molecule has 0 aromatic carbocycles. The second kappa shape index (κ2) is 11.6. The SMILES string of the molecule is CC1CC(C)CN(C(C)(C)CNC(=O)CCC2CCNCC2)C1.Cl.Cl. The van der Waals surface area contributed by atoms with Crippen LogP contribution in [-0.4, -0.2) is 49.1 Å². The van der Waals surface area contributed by atoms with Crippen LogP contribution in [0.5, 0.6) is 0 Å². The second-order valence-corrected chi connectivity index (χ2v) is 8.67. The van der Waals surface area contributed by atoms with Crippen LogP contribution in [0.2, 0.25) is 0 Å². The lowest BCUT2D eigenvalue weighted by atomic mass is 9.88. The second-order valence-electron chi connectivity index (χ2n) is 8.67. The number of carbonyl (C=O) groups excluding carboxylic acids is 1. The molecule has 0 aromatic rings. The number of amides is 1. The molecule has 0 bridgehead atoms. The van der Waals surface area contributed by atoms with Crippen molar-refractivity contribution in [2.75, 3.05) is 32.7 Å². The van der Waals surface area contributed by atoms with Crippen molar-refractivity contribution in [3.05, 3.63) is 0 Å². The van der Waals surface area contributed by atoms with E-state index in [1.807, 2.05) is 0 Å². The standard InChI is InChI=1S/C19H37N3O.2ClH/c1-15-11-16(2)13-22(12-15)19(3,4)14-21-18(23)6-5-17-7-9-20-10-8-17;;/h15-17,20H,5-14H2,1-4H3,(H,21,23);2*1H. The van der Waals surface area contributed by atoms with Crippen molar-refractivity contribution >= 4 is 30.7 Å². The molecular formula is C19H39Cl2N3O. The van der Waals surface area contributed by atoms with Crippen LogP contribution < -0.4 is 10.6 Å². The van der Waals surface area contributed by atoms with Crippen molar-refractivity contribution in [1.82, 2.24) is 15.5 Å². The normalized spacial score (nSPS) is 25.6. The molecule has 2 aliphatic rings.